The Balaban J connectivity index is 1.93. The second-order valence-corrected chi connectivity index (χ2v) is 5.67. The molecule has 1 saturated carbocycles. The van der Waals surface area contributed by atoms with Gasteiger partial charge >= 0.3 is 0 Å². The van der Waals surface area contributed by atoms with E-state index in [2.05, 4.69) is 17.4 Å². The van der Waals surface area contributed by atoms with E-state index in [9.17, 15) is 0 Å². The molecule has 1 spiro atoms. The summed E-state index contributed by atoms with van der Waals surface area (Å²) in [5.74, 6) is 1.98. The van der Waals surface area contributed by atoms with Crippen molar-refractivity contribution in [1.29, 1.82) is 0 Å². The van der Waals surface area contributed by atoms with Crippen LogP contribution in [0.15, 0.2) is 18.2 Å². The molecule has 0 aromatic heterocycles. The summed E-state index contributed by atoms with van der Waals surface area (Å²) in [5, 5.41) is 3.45. The highest BCUT2D eigenvalue weighted by atomic mass is 16.5. The van der Waals surface area contributed by atoms with Gasteiger partial charge in [0.05, 0.1) is 6.61 Å². The number of benzene rings is 1. The molecule has 1 heterocycles. The third kappa shape index (κ3) is 2.32. The summed E-state index contributed by atoms with van der Waals surface area (Å²) in [7, 11) is 2.04. The van der Waals surface area contributed by atoms with Crippen LogP contribution in [0, 0.1) is 0 Å². The van der Waals surface area contributed by atoms with Gasteiger partial charge in [0.25, 0.3) is 0 Å². The zero-order chi connectivity index (χ0) is 13.3. The monoisotopic (exact) mass is 261 g/mol. The van der Waals surface area contributed by atoms with Crippen molar-refractivity contribution in [1.82, 2.24) is 5.32 Å². The second-order valence-electron chi connectivity index (χ2n) is 5.67. The minimum absolute atomic E-state index is 0.0772. The topological polar surface area (TPSA) is 30.5 Å². The number of fused-ring (bicyclic) bond motifs is 1. The Hall–Kier alpha value is -1.22. The molecule has 104 valence electrons. The molecule has 1 unspecified atom stereocenters. The van der Waals surface area contributed by atoms with Gasteiger partial charge in [-0.3, -0.25) is 0 Å². The fraction of sp³-hybridized carbons (Fsp3) is 0.625. The van der Waals surface area contributed by atoms with Gasteiger partial charge in [0, 0.05) is 18.0 Å². The van der Waals surface area contributed by atoms with Crippen LogP contribution in [0.1, 0.15) is 50.6 Å². The summed E-state index contributed by atoms with van der Waals surface area (Å²) in [6.07, 6.45) is 6.05. The van der Waals surface area contributed by atoms with E-state index in [0.29, 0.717) is 12.6 Å². The maximum Gasteiger partial charge on any atom is 0.125 e. The largest absolute Gasteiger partial charge is 0.494 e. The molecule has 19 heavy (non-hydrogen) atoms. The third-order valence-electron chi connectivity index (χ3n) is 4.43. The normalized spacial score (nSPS) is 24.0. The summed E-state index contributed by atoms with van der Waals surface area (Å²) < 4.78 is 11.9. The van der Waals surface area contributed by atoms with Crippen molar-refractivity contribution >= 4 is 0 Å². The summed E-state index contributed by atoms with van der Waals surface area (Å²) in [6, 6.07) is 6.59. The highest BCUT2D eigenvalue weighted by Gasteiger charge is 2.42. The number of nitrogens with one attached hydrogen (secondary N) is 1. The van der Waals surface area contributed by atoms with Gasteiger partial charge in [-0.25, -0.2) is 0 Å². The van der Waals surface area contributed by atoms with Crippen LogP contribution in [0.5, 0.6) is 11.5 Å². The van der Waals surface area contributed by atoms with Crippen molar-refractivity contribution in [3.8, 4) is 11.5 Å². The van der Waals surface area contributed by atoms with Crippen molar-refractivity contribution in [3.63, 3.8) is 0 Å². The van der Waals surface area contributed by atoms with E-state index < -0.39 is 0 Å². The molecule has 3 rings (SSSR count). The van der Waals surface area contributed by atoms with Crippen molar-refractivity contribution in [2.75, 3.05) is 13.7 Å². The molecule has 0 amide bonds. The first-order valence-corrected chi connectivity index (χ1v) is 7.39. The first kappa shape index (κ1) is 12.8. The van der Waals surface area contributed by atoms with Gasteiger partial charge in [0.15, 0.2) is 0 Å². The molecule has 0 bridgehead atoms. The molecule has 3 nitrogen and oxygen atoms in total. The number of ether oxygens (including phenoxy) is 2. The number of hydrogen-bond donors (Lipinski definition) is 1. The average Bonchev–Trinajstić information content (AvgIpc) is 2.87. The molecule has 1 aromatic rings. The van der Waals surface area contributed by atoms with Crippen LogP contribution in [0.3, 0.4) is 0 Å². The van der Waals surface area contributed by atoms with Crippen molar-refractivity contribution < 1.29 is 9.47 Å². The molecule has 2 aliphatic rings. The van der Waals surface area contributed by atoms with Gasteiger partial charge in [0.2, 0.25) is 0 Å². The molecule has 1 fully saturated rings. The molecule has 1 N–H and O–H groups in total. The van der Waals surface area contributed by atoms with Gasteiger partial charge in [-0.15, -0.1) is 0 Å². The lowest BCUT2D eigenvalue weighted by molar-refractivity contribution is 0.0378. The van der Waals surface area contributed by atoms with Gasteiger partial charge < -0.3 is 14.8 Å². The van der Waals surface area contributed by atoms with Crippen molar-refractivity contribution in [2.45, 2.75) is 50.7 Å². The van der Waals surface area contributed by atoms with E-state index in [1.54, 1.807) is 0 Å². The minimum atomic E-state index is 0.0772. The Morgan fingerprint density at radius 3 is 2.84 bits per heavy atom. The Kier molecular flexibility index (Phi) is 3.40. The molecule has 1 aliphatic carbocycles. The number of rotatable bonds is 3. The van der Waals surface area contributed by atoms with E-state index in [-0.39, 0.29) is 5.60 Å². The zero-order valence-electron chi connectivity index (χ0n) is 11.9. The van der Waals surface area contributed by atoms with Gasteiger partial charge in [-0.05, 0) is 57.9 Å². The fourth-order valence-electron chi connectivity index (χ4n) is 3.49. The van der Waals surface area contributed by atoms with Crippen LogP contribution in [0.2, 0.25) is 0 Å². The SMILES string of the molecule is CCOc1ccc2c(c1)C(NC)CC1(CCCC1)O2. The van der Waals surface area contributed by atoms with Gasteiger partial charge in [-0.2, -0.15) is 0 Å². The van der Waals surface area contributed by atoms with Crippen LogP contribution in [-0.2, 0) is 0 Å². The predicted molar refractivity (Wildman–Crippen MR) is 75.9 cm³/mol. The highest BCUT2D eigenvalue weighted by Crippen LogP contribution is 2.47. The Bertz CT molecular complexity index is 452. The van der Waals surface area contributed by atoms with Crippen molar-refractivity contribution in [3.05, 3.63) is 23.8 Å². The number of hydrogen-bond acceptors (Lipinski definition) is 3. The lowest BCUT2D eigenvalue weighted by Gasteiger charge is -2.40. The molecule has 1 aliphatic heterocycles. The molecule has 0 radical (unpaired) electrons. The van der Waals surface area contributed by atoms with E-state index >= 15 is 0 Å². The van der Waals surface area contributed by atoms with E-state index in [0.717, 1.165) is 17.9 Å². The first-order valence-electron chi connectivity index (χ1n) is 7.39. The standard InChI is InChI=1S/C16H23NO2/c1-3-18-12-6-7-15-13(10-12)14(17-2)11-16(19-15)8-4-5-9-16/h6-7,10,14,17H,3-5,8-9,11H2,1-2H3. The van der Waals surface area contributed by atoms with E-state index in [4.69, 9.17) is 9.47 Å². The highest BCUT2D eigenvalue weighted by molar-refractivity contribution is 5.44. The Morgan fingerprint density at radius 1 is 1.37 bits per heavy atom. The predicted octanol–water partition coefficient (Wildman–Crippen LogP) is 3.44. The van der Waals surface area contributed by atoms with Gasteiger partial charge in [-0.1, -0.05) is 0 Å². The minimum Gasteiger partial charge on any atom is -0.494 e. The average molecular weight is 261 g/mol. The van der Waals surface area contributed by atoms with Gasteiger partial charge in [0.1, 0.15) is 17.1 Å². The summed E-state index contributed by atoms with van der Waals surface area (Å²) in [6.45, 7) is 2.72. The maximum absolute atomic E-state index is 6.35. The summed E-state index contributed by atoms with van der Waals surface area (Å²) >= 11 is 0. The summed E-state index contributed by atoms with van der Waals surface area (Å²) in [4.78, 5) is 0. The molecular formula is C16H23NO2. The Morgan fingerprint density at radius 2 is 2.16 bits per heavy atom. The van der Waals surface area contributed by atoms with Crippen LogP contribution < -0.4 is 14.8 Å². The third-order valence-corrected chi connectivity index (χ3v) is 4.43. The fourth-order valence-corrected chi connectivity index (χ4v) is 3.49. The van der Waals surface area contributed by atoms with E-state index in [1.807, 2.05) is 20.0 Å². The van der Waals surface area contributed by atoms with Crippen molar-refractivity contribution in [2.24, 2.45) is 0 Å². The molecule has 0 saturated heterocycles. The molecule has 3 heteroatoms. The first-order chi connectivity index (χ1) is 9.26. The molecule has 1 atom stereocenters. The lowest BCUT2D eigenvalue weighted by atomic mass is 9.86. The van der Waals surface area contributed by atoms with Crippen LogP contribution in [0.4, 0.5) is 0 Å². The second kappa shape index (κ2) is 5.04. The maximum atomic E-state index is 6.35. The summed E-state index contributed by atoms with van der Waals surface area (Å²) in [5.41, 5.74) is 1.32. The zero-order valence-corrected chi connectivity index (χ0v) is 11.9. The quantitative estimate of drug-likeness (QED) is 0.904. The van der Waals surface area contributed by atoms with Crippen LogP contribution >= 0.6 is 0 Å². The van der Waals surface area contributed by atoms with Crippen LogP contribution in [0.25, 0.3) is 0 Å². The smallest absolute Gasteiger partial charge is 0.125 e. The van der Waals surface area contributed by atoms with Crippen LogP contribution in [-0.4, -0.2) is 19.3 Å². The lowest BCUT2D eigenvalue weighted by Crippen LogP contribution is -2.41. The molecular weight excluding hydrogens is 238 g/mol. The van der Waals surface area contributed by atoms with E-state index in [1.165, 1.54) is 31.2 Å². The Labute approximate surface area is 115 Å². The molecule has 1 aromatic carbocycles.